The van der Waals surface area contributed by atoms with Crippen LogP contribution in [-0.4, -0.2) is 127 Å². The number of aliphatic imine (C=N–C) groups is 1. The molecule has 19 heteroatoms. The van der Waals surface area contributed by atoms with E-state index in [0.29, 0.717) is 55.2 Å². The highest BCUT2D eigenvalue weighted by Crippen LogP contribution is 2.52. The third-order valence-corrected chi connectivity index (χ3v) is 16.4. The van der Waals surface area contributed by atoms with Crippen LogP contribution in [0, 0.1) is 17.8 Å². The number of aliphatic hydroxyl groups excluding tert-OH is 3. The van der Waals surface area contributed by atoms with Gasteiger partial charge in [-0.15, -0.1) is 0 Å². The van der Waals surface area contributed by atoms with Crippen LogP contribution in [0.1, 0.15) is 157 Å². The number of aryl methyl sites for hydroxylation is 1. The first-order valence-electron chi connectivity index (χ1n) is 27.0. The topological polar surface area (TPSA) is 323 Å². The van der Waals surface area contributed by atoms with Crippen LogP contribution in [-0.2, 0) is 52.2 Å². The third-order valence-electron chi connectivity index (χ3n) is 16.4. The van der Waals surface area contributed by atoms with Crippen molar-refractivity contribution in [1.29, 1.82) is 0 Å². The number of hydrogen-bond donors (Lipinski definition) is 10. The summed E-state index contributed by atoms with van der Waals surface area (Å²) >= 11 is 0. The zero-order chi connectivity index (χ0) is 56.1. The number of nitrogens with zero attached hydrogens (tertiary/aromatic N) is 1. The van der Waals surface area contributed by atoms with Crippen molar-refractivity contribution in [3.8, 4) is 29.1 Å². The second kappa shape index (κ2) is 22.4. The minimum absolute atomic E-state index is 0.0362. The Morgan fingerprint density at radius 3 is 2.53 bits per heavy atom. The number of nitrogens with one attached hydrogen (secondary N) is 1. The zero-order valence-electron chi connectivity index (χ0n) is 44.0. The highest BCUT2D eigenvalue weighted by atomic mass is 16.7. The van der Waals surface area contributed by atoms with Gasteiger partial charge in [0.05, 0.1) is 48.7 Å². The van der Waals surface area contributed by atoms with E-state index in [9.17, 15) is 45.3 Å². The second-order valence-corrected chi connectivity index (χ2v) is 21.7. The van der Waals surface area contributed by atoms with Gasteiger partial charge in [0.15, 0.2) is 29.9 Å². The van der Waals surface area contributed by atoms with Crippen LogP contribution in [0.4, 0.5) is 0 Å². The van der Waals surface area contributed by atoms with Crippen LogP contribution < -0.4 is 26.3 Å². The molecule has 4 aliphatic carbocycles. The smallest absolute Gasteiger partial charge is 0.308 e. The highest BCUT2D eigenvalue weighted by Gasteiger charge is 2.57. The van der Waals surface area contributed by atoms with Gasteiger partial charge in [-0.25, -0.2) is 0 Å². The molecule has 0 amide bonds. The molecule has 9 unspecified atom stereocenters. The largest absolute Gasteiger partial charge is 0.507 e. The number of fused-ring (bicyclic) bond motifs is 5. The van der Waals surface area contributed by atoms with Gasteiger partial charge in [0.2, 0.25) is 12.1 Å². The molecule has 1 saturated heterocycles. The molecule has 10 rings (SSSR count). The van der Waals surface area contributed by atoms with Crippen molar-refractivity contribution in [2.75, 3.05) is 13.2 Å². The minimum atomic E-state index is -3.08. The molecule has 12 N–H and O–H groups in total. The fourth-order valence-corrected chi connectivity index (χ4v) is 12.5. The number of guanidine groups is 1. The van der Waals surface area contributed by atoms with Crippen LogP contribution in [0.25, 0.3) is 12.2 Å². The summed E-state index contributed by atoms with van der Waals surface area (Å²) in [4.78, 5) is 62.3. The second-order valence-electron chi connectivity index (χ2n) is 21.7. The summed E-state index contributed by atoms with van der Waals surface area (Å²) in [5.74, 6) is -0.934. The summed E-state index contributed by atoms with van der Waals surface area (Å²) in [5.41, 5.74) is 12.3. The number of esters is 1. The molecule has 2 aliphatic heterocycles. The van der Waals surface area contributed by atoms with E-state index < -0.39 is 108 Å². The molecule has 1 saturated carbocycles. The number of aldehydes is 1. The van der Waals surface area contributed by atoms with Crippen LogP contribution in [0.3, 0.4) is 0 Å². The molecule has 4 aromatic rings. The van der Waals surface area contributed by atoms with Gasteiger partial charge >= 0.3 is 5.97 Å². The maximum Gasteiger partial charge on any atom is 0.308 e. The molecule has 79 heavy (non-hydrogen) atoms. The Labute approximate surface area is 456 Å². The Morgan fingerprint density at radius 1 is 0.975 bits per heavy atom. The molecule has 19 nitrogen and oxygen atoms in total. The van der Waals surface area contributed by atoms with E-state index in [1.54, 1.807) is 24.3 Å². The molecule has 2 fully saturated rings. The molecule has 416 valence electrons. The molecule has 2 heterocycles. The van der Waals surface area contributed by atoms with Crippen LogP contribution in [0.2, 0.25) is 0 Å². The van der Waals surface area contributed by atoms with Gasteiger partial charge in [-0.2, -0.15) is 0 Å². The maximum absolute atomic E-state index is 16.0. The number of rotatable bonds is 10. The fourth-order valence-electron chi connectivity index (χ4n) is 12.5. The minimum Gasteiger partial charge on any atom is -0.507 e. The van der Waals surface area contributed by atoms with Crippen molar-refractivity contribution in [3.05, 3.63) is 120 Å². The number of phenolic OH excluding ortho intramolecular Hbond substituents is 1. The summed E-state index contributed by atoms with van der Waals surface area (Å²) in [6, 6.07) is 10.7. The number of ether oxygens (including phenoxy) is 4. The Morgan fingerprint density at radius 2 is 1.77 bits per heavy atom. The van der Waals surface area contributed by atoms with Crippen LogP contribution in [0.5, 0.6) is 17.2 Å². The number of benzene rings is 4. The van der Waals surface area contributed by atoms with E-state index in [4.69, 9.17) is 30.4 Å². The Balaban J connectivity index is 1.24. The van der Waals surface area contributed by atoms with Gasteiger partial charge in [0, 0.05) is 65.3 Å². The van der Waals surface area contributed by atoms with Gasteiger partial charge in [-0.1, -0.05) is 67.2 Å². The highest BCUT2D eigenvalue weighted by molar-refractivity contribution is 6.32. The first kappa shape index (κ1) is 55.5. The lowest BCUT2D eigenvalue weighted by Crippen LogP contribution is -2.68. The number of hydrogen-bond acceptors (Lipinski definition) is 19. The van der Waals surface area contributed by atoms with Crippen LogP contribution in [0.15, 0.2) is 47.5 Å². The normalized spacial score (nSPS) is 27.1. The summed E-state index contributed by atoms with van der Waals surface area (Å²) in [7, 11) is 0. The van der Waals surface area contributed by atoms with Crippen molar-refractivity contribution < 1.29 is 73.9 Å². The molecule has 9 atom stereocenters. The van der Waals surface area contributed by atoms with E-state index in [0.717, 1.165) is 37.3 Å². The van der Waals surface area contributed by atoms with Gasteiger partial charge in [-0.3, -0.25) is 24.2 Å². The predicted octanol–water partition coefficient (Wildman–Crippen LogP) is 3.28. The fraction of sp³-hybridized carbons (Fsp3) is 0.450. The third kappa shape index (κ3) is 10.5. The number of carbonyl (C=O) groups is 4. The van der Waals surface area contributed by atoms with Gasteiger partial charge in [-0.05, 0) is 110 Å². The van der Waals surface area contributed by atoms with Crippen molar-refractivity contribution in [3.63, 3.8) is 0 Å². The molecule has 4 aromatic carbocycles. The quantitative estimate of drug-likeness (QED) is 0.0315. The zero-order valence-corrected chi connectivity index (χ0v) is 44.0. The lowest BCUT2D eigenvalue weighted by atomic mass is 9.63. The Bertz CT molecular complexity index is 3250. The van der Waals surface area contributed by atoms with Crippen molar-refractivity contribution in [1.82, 2.24) is 5.32 Å². The Kier molecular flexibility index (Phi) is 15.7. The van der Waals surface area contributed by atoms with Gasteiger partial charge in [0.25, 0.3) is 0 Å². The molecular weight excluding hydrogens is 1020 g/mol. The molecule has 6 aliphatic rings. The summed E-state index contributed by atoms with van der Waals surface area (Å²) in [5, 5.41) is 85.7. The van der Waals surface area contributed by atoms with E-state index in [1.807, 2.05) is 18.2 Å². The van der Waals surface area contributed by atoms with Gasteiger partial charge in [0.1, 0.15) is 23.4 Å². The molecule has 4 bridgehead atoms. The number of phenols is 1. The summed E-state index contributed by atoms with van der Waals surface area (Å²) in [6.45, 7) is 1.78. The van der Waals surface area contributed by atoms with E-state index in [-0.39, 0.29) is 88.2 Å². The first-order chi connectivity index (χ1) is 37.8. The number of aliphatic hydroxyl groups is 6. The average Bonchev–Trinajstić information content (AvgIpc) is 3.61. The van der Waals surface area contributed by atoms with Crippen molar-refractivity contribution in [2.24, 2.45) is 22.4 Å². The number of aromatic hydroxyl groups is 1. The number of carbonyl (C=O) groups excluding carboxylic acids is 4. The molecule has 0 radical (unpaired) electrons. The first-order valence-corrected chi connectivity index (χ1v) is 27.0. The van der Waals surface area contributed by atoms with E-state index in [2.05, 4.69) is 22.2 Å². The SMILES string of the molecule is CC(=O)Oc1cc(CO)c2c3c1C=Cc1cccc(c1)CC(O)CCC(N)C#CCc1c(OC4OC(C)C(O)C(O)(O)C4OCC4CCN=C(N)N4)c(Cc4ccc5c(c4C=O)C4(O)CCCCC4CC5)c(O)c(c1C3=O)C2=O. The summed E-state index contributed by atoms with van der Waals surface area (Å²) < 4.78 is 25.0. The monoisotopic (exact) mass is 1080 g/mol. The summed E-state index contributed by atoms with van der Waals surface area (Å²) in [6.07, 6.45) is 0.261. The molecule has 0 aromatic heterocycles. The van der Waals surface area contributed by atoms with Gasteiger partial charge < -0.3 is 71.5 Å². The van der Waals surface area contributed by atoms with Crippen molar-refractivity contribution in [2.45, 2.75) is 152 Å². The lowest BCUT2D eigenvalue weighted by Gasteiger charge is -2.46. The average molecular weight is 1080 g/mol. The Hall–Kier alpha value is -6.83. The maximum atomic E-state index is 16.0. The standard InChI is InChI=1S/C60H66N4O15/c1-30-55(72)60(74,75)56(76-29-39-20-22-63-58(62)64-39)57(77-30)79-54-42-11-6-10-38(61)17-18-40(68)24-33-8-5-7-32(23-33)12-19-41-45(78-31(2)67)26-36(27-65)46-47(41)53(71)48(42)49(52(46)70)51(69)43(54)25-35-14-13-34-15-16-37-9-3-4-21-59(37,73)50(34)44(35)28-66/h5,7-8,12-14,19,23,26,28,30,37-40,55-57,65,68-69,72-75H,3-4,9,11,15-18,20-22,24-25,27,29,61H2,1-2H3,(H3,62,63,64). The van der Waals surface area contributed by atoms with E-state index >= 15 is 9.59 Å². The lowest BCUT2D eigenvalue weighted by molar-refractivity contribution is -0.379. The molecular formula is C60H66N4O15. The predicted molar refractivity (Wildman–Crippen MR) is 287 cm³/mol. The number of nitrogens with two attached hydrogens (primary N) is 2. The van der Waals surface area contributed by atoms with Crippen molar-refractivity contribution >= 4 is 41.9 Å². The van der Waals surface area contributed by atoms with E-state index in [1.165, 1.54) is 19.1 Å². The number of ketones is 2. The molecule has 0 spiro atoms. The van der Waals surface area contributed by atoms with Crippen LogP contribution >= 0.6 is 0 Å².